The fraction of sp³-hybridized carbons (Fsp3) is 0.167. The summed E-state index contributed by atoms with van der Waals surface area (Å²) in [5.41, 5.74) is 1.80. The number of carbonyl (C=O) groups excluding carboxylic acids is 2. The Balaban J connectivity index is 2.83. The van der Waals surface area contributed by atoms with Crippen LogP contribution in [0.1, 0.15) is 10.5 Å². The highest BCUT2D eigenvalue weighted by atomic mass is 35.5. The Hall–Kier alpha value is -2.21. The van der Waals surface area contributed by atoms with Crippen LogP contribution in [0.4, 0.5) is 0 Å². The van der Waals surface area contributed by atoms with Crippen molar-refractivity contribution in [1.82, 2.24) is 14.9 Å². The van der Waals surface area contributed by atoms with Crippen molar-refractivity contribution in [1.29, 1.82) is 0 Å². The van der Waals surface area contributed by atoms with E-state index in [-0.39, 0.29) is 5.69 Å². The average molecular weight is 279 g/mol. The molecular weight excluding hydrogens is 268 g/mol. The van der Waals surface area contributed by atoms with Gasteiger partial charge in [0.25, 0.3) is 5.91 Å². The highest BCUT2D eigenvalue weighted by Crippen LogP contribution is 2.16. The third-order valence-electron chi connectivity index (χ3n) is 2.68. The summed E-state index contributed by atoms with van der Waals surface area (Å²) in [6.07, 6.45) is 0.315. The molecule has 0 aliphatic carbocycles. The van der Waals surface area contributed by atoms with Gasteiger partial charge in [0.15, 0.2) is 11.2 Å². The van der Waals surface area contributed by atoms with E-state index in [4.69, 9.17) is 11.6 Å². The maximum absolute atomic E-state index is 11.8. The Bertz CT molecular complexity index is 736. The van der Waals surface area contributed by atoms with E-state index in [0.717, 1.165) is 5.52 Å². The first-order valence-corrected chi connectivity index (χ1v) is 5.80. The Morgan fingerprint density at radius 3 is 2.89 bits per heavy atom. The van der Waals surface area contributed by atoms with Crippen LogP contribution < -0.4 is 10.8 Å². The Kier molecular flexibility index (Phi) is 3.62. The molecule has 0 aliphatic rings. The zero-order valence-electron chi connectivity index (χ0n) is 10.3. The lowest BCUT2D eigenvalue weighted by molar-refractivity contribution is -0.108. The van der Waals surface area contributed by atoms with Crippen molar-refractivity contribution in [2.24, 2.45) is 12.0 Å². The number of nitrogens with zero attached hydrogens (tertiary/aromatic N) is 3. The van der Waals surface area contributed by atoms with Gasteiger partial charge in [0.2, 0.25) is 6.41 Å². The molecule has 0 spiro atoms. The molecule has 1 N–H and O–H groups in total. The van der Waals surface area contributed by atoms with E-state index in [1.54, 1.807) is 36.9 Å². The molecule has 7 heteroatoms. The van der Waals surface area contributed by atoms with E-state index in [1.165, 1.54) is 0 Å². The maximum Gasteiger partial charge on any atom is 0.280 e. The van der Waals surface area contributed by atoms with Gasteiger partial charge in [0.1, 0.15) is 0 Å². The first-order chi connectivity index (χ1) is 9.08. The minimum atomic E-state index is -0.594. The average Bonchev–Trinajstić information content (AvgIpc) is 2.39. The van der Waals surface area contributed by atoms with Gasteiger partial charge in [-0.1, -0.05) is 11.6 Å². The molecule has 2 aromatic rings. The summed E-state index contributed by atoms with van der Waals surface area (Å²) in [4.78, 5) is 30.4. The predicted octanol–water partition coefficient (Wildman–Crippen LogP) is 0.643. The van der Waals surface area contributed by atoms with Crippen LogP contribution >= 0.6 is 11.6 Å². The van der Waals surface area contributed by atoms with Gasteiger partial charge in [-0.15, -0.1) is 0 Å². The SMILES string of the molecule is CN=c1c(C(=O)NC=O)nc2ccc(Cl)cc2n1C. The van der Waals surface area contributed by atoms with E-state index in [1.807, 2.05) is 0 Å². The number of carbonyl (C=O) groups is 2. The number of rotatable bonds is 2. The van der Waals surface area contributed by atoms with Gasteiger partial charge < -0.3 is 4.57 Å². The molecule has 0 fully saturated rings. The second-order valence-electron chi connectivity index (χ2n) is 3.79. The Labute approximate surface area is 113 Å². The number of fused-ring (bicyclic) bond motifs is 1. The number of halogens is 1. The summed E-state index contributed by atoms with van der Waals surface area (Å²) >= 11 is 5.94. The molecule has 1 aromatic heterocycles. The molecule has 0 radical (unpaired) electrons. The number of amides is 2. The number of nitrogens with one attached hydrogen (secondary N) is 1. The quantitative estimate of drug-likeness (QED) is 0.819. The molecule has 0 atom stereocenters. The summed E-state index contributed by atoms with van der Waals surface area (Å²) in [7, 11) is 3.30. The van der Waals surface area contributed by atoms with Gasteiger partial charge in [0, 0.05) is 19.1 Å². The molecule has 0 unspecified atom stereocenters. The van der Waals surface area contributed by atoms with Crippen molar-refractivity contribution in [3.63, 3.8) is 0 Å². The monoisotopic (exact) mass is 278 g/mol. The van der Waals surface area contributed by atoms with Crippen LogP contribution in [0.3, 0.4) is 0 Å². The first kappa shape index (κ1) is 13.2. The highest BCUT2D eigenvalue weighted by molar-refractivity contribution is 6.31. The molecule has 6 nitrogen and oxygen atoms in total. The second-order valence-corrected chi connectivity index (χ2v) is 4.23. The van der Waals surface area contributed by atoms with E-state index in [9.17, 15) is 9.59 Å². The molecular formula is C12H11ClN4O2. The van der Waals surface area contributed by atoms with E-state index in [0.29, 0.717) is 22.4 Å². The van der Waals surface area contributed by atoms with Crippen LogP contribution in [0.5, 0.6) is 0 Å². The van der Waals surface area contributed by atoms with E-state index in [2.05, 4.69) is 15.3 Å². The standard InChI is InChI=1S/C12H11ClN4O2/c1-14-11-10(12(19)15-6-18)16-8-4-3-7(13)5-9(8)17(11)2/h3-6H,1-2H3,(H,15,18,19). The Morgan fingerprint density at radius 2 is 2.26 bits per heavy atom. The molecule has 0 saturated carbocycles. The molecule has 1 aromatic carbocycles. The Morgan fingerprint density at radius 1 is 1.53 bits per heavy atom. The van der Waals surface area contributed by atoms with Gasteiger partial charge >= 0.3 is 0 Å². The van der Waals surface area contributed by atoms with Crippen LogP contribution in [0.2, 0.25) is 5.02 Å². The summed E-state index contributed by atoms with van der Waals surface area (Å²) in [5, 5.41) is 2.63. The van der Waals surface area contributed by atoms with Gasteiger partial charge in [-0.2, -0.15) is 0 Å². The van der Waals surface area contributed by atoms with Gasteiger partial charge in [-0.25, -0.2) is 4.98 Å². The van der Waals surface area contributed by atoms with Crippen LogP contribution in [0.25, 0.3) is 11.0 Å². The van der Waals surface area contributed by atoms with Crippen molar-refractivity contribution < 1.29 is 9.59 Å². The van der Waals surface area contributed by atoms with E-state index < -0.39 is 5.91 Å². The van der Waals surface area contributed by atoms with Gasteiger partial charge in [0.05, 0.1) is 11.0 Å². The third kappa shape index (κ3) is 2.34. The highest BCUT2D eigenvalue weighted by Gasteiger charge is 2.14. The third-order valence-corrected chi connectivity index (χ3v) is 2.91. The van der Waals surface area contributed by atoms with Crippen LogP contribution in [-0.4, -0.2) is 28.9 Å². The lowest BCUT2D eigenvalue weighted by Gasteiger charge is -2.09. The molecule has 1 heterocycles. The normalized spacial score (nSPS) is 11.6. The number of benzene rings is 1. The van der Waals surface area contributed by atoms with Crippen molar-refractivity contribution in [3.05, 3.63) is 34.4 Å². The predicted molar refractivity (Wildman–Crippen MR) is 70.7 cm³/mol. The van der Waals surface area contributed by atoms with Gasteiger partial charge in [-0.3, -0.25) is 19.9 Å². The fourth-order valence-electron chi connectivity index (χ4n) is 1.83. The minimum absolute atomic E-state index is 0.0897. The number of aromatic nitrogens is 2. The lowest BCUT2D eigenvalue weighted by Crippen LogP contribution is -2.34. The topological polar surface area (TPSA) is 76.3 Å². The number of hydrogen-bond acceptors (Lipinski definition) is 4. The molecule has 2 rings (SSSR count). The maximum atomic E-state index is 11.8. The van der Waals surface area contributed by atoms with Gasteiger partial charge in [-0.05, 0) is 18.2 Å². The summed E-state index contributed by atoms with van der Waals surface area (Å²) in [6, 6.07) is 5.12. The van der Waals surface area contributed by atoms with Crippen molar-refractivity contribution in [2.45, 2.75) is 0 Å². The molecule has 2 amide bonds. The van der Waals surface area contributed by atoms with Crippen LogP contribution in [0.15, 0.2) is 23.2 Å². The second kappa shape index (κ2) is 5.19. The summed E-state index contributed by atoms with van der Waals surface area (Å²) < 4.78 is 1.70. The fourth-order valence-corrected chi connectivity index (χ4v) is 2.00. The summed E-state index contributed by atoms with van der Waals surface area (Å²) in [5.74, 6) is -0.594. The molecule has 0 saturated heterocycles. The number of hydrogen-bond donors (Lipinski definition) is 1. The van der Waals surface area contributed by atoms with Crippen molar-refractivity contribution in [2.75, 3.05) is 7.05 Å². The molecule has 0 aliphatic heterocycles. The van der Waals surface area contributed by atoms with E-state index >= 15 is 0 Å². The number of aryl methyl sites for hydroxylation is 1. The van der Waals surface area contributed by atoms with Crippen molar-refractivity contribution >= 4 is 35.0 Å². The summed E-state index contributed by atoms with van der Waals surface area (Å²) in [6.45, 7) is 0. The minimum Gasteiger partial charge on any atom is -0.326 e. The smallest absolute Gasteiger partial charge is 0.280 e. The van der Waals surface area contributed by atoms with Crippen molar-refractivity contribution in [3.8, 4) is 0 Å². The zero-order chi connectivity index (χ0) is 14.0. The largest absolute Gasteiger partial charge is 0.326 e. The molecule has 19 heavy (non-hydrogen) atoms. The molecule has 0 bridgehead atoms. The van der Waals surface area contributed by atoms with Crippen LogP contribution in [0, 0.1) is 0 Å². The van der Waals surface area contributed by atoms with Crippen LogP contribution in [-0.2, 0) is 11.8 Å². The zero-order valence-corrected chi connectivity index (χ0v) is 11.1. The first-order valence-electron chi connectivity index (χ1n) is 5.42. The lowest BCUT2D eigenvalue weighted by atomic mass is 10.2. The number of imide groups is 1. The molecule has 98 valence electrons.